The Morgan fingerprint density at radius 3 is 2.31 bits per heavy atom. The Balaban J connectivity index is 4.23. The molecular weight excluding hydrogens is 204 g/mol. The molecule has 1 atom stereocenters. The van der Waals surface area contributed by atoms with Crippen LogP contribution in [0.1, 0.15) is 19.8 Å². The number of sulfonamides is 1. The molecule has 0 bridgehead atoms. The van der Waals surface area contributed by atoms with E-state index >= 15 is 0 Å². The first-order chi connectivity index (χ1) is 5.94. The van der Waals surface area contributed by atoms with E-state index in [1.54, 1.807) is 11.6 Å². The van der Waals surface area contributed by atoms with Gasteiger partial charge in [-0.1, -0.05) is 6.92 Å². The topological polar surface area (TPSA) is 66.4 Å². The van der Waals surface area contributed by atoms with E-state index in [1.165, 1.54) is 0 Å². The number of halogens is 2. The molecule has 2 N–H and O–H groups in total. The minimum atomic E-state index is -4.53. The van der Waals surface area contributed by atoms with Crippen molar-refractivity contribution in [1.29, 1.82) is 0 Å². The second-order valence-corrected chi connectivity index (χ2v) is 4.22. The smallest absolute Gasteiger partial charge is 0.350 e. The third-order valence-electron chi connectivity index (χ3n) is 1.54. The third-order valence-corrected chi connectivity index (χ3v) is 2.67. The average Bonchev–Trinajstić information content (AvgIpc) is 2.03. The van der Waals surface area contributed by atoms with Gasteiger partial charge in [-0.15, -0.1) is 0 Å². The summed E-state index contributed by atoms with van der Waals surface area (Å²) in [4.78, 5) is 0. The molecule has 0 aliphatic rings. The highest BCUT2D eigenvalue weighted by Gasteiger charge is 2.26. The molecule has 0 fully saturated rings. The van der Waals surface area contributed by atoms with Gasteiger partial charge in [0.15, 0.2) is 0 Å². The second kappa shape index (κ2) is 5.46. The van der Waals surface area contributed by atoms with Crippen LogP contribution in [-0.2, 0) is 10.0 Å². The lowest BCUT2D eigenvalue weighted by atomic mass is 10.2. The Morgan fingerprint density at radius 2 is 2.00 bits per heavy atom. The lowest BCUT2D eigenvalue weighted by Gasteiger charge is -2.14. The standard InChI is InChI=1S/C6H13F2NO3S/c1-2-5(3-4-10)9-13(11,12)6(7)8/h5-6,9-10H,2-4H2,1H3. The molecule has 0 aliphatic heterocycles. The molecule has 1 unspecified atom stereocenters. The summed E-state index contributed by atoms with van der Waals surface area (Å²) in [6.07, 6.45) is 0.509. The van der Waals surface area contributed by atoms with Gasteiger partial charge < -0.3 is 5.11 Å². The van der Waals surface area contributed by atoms with Crippen molar-refractivity contribution in [2.24, 2.45) is 0 Å². The zero-order valence-electron chi connectivity index (χ0n) is 7.20. The molecule has 13 heavy (non-hydrogen) atoms. The van der Waals surface area contributed by atoms with E-state index in [4.69, 9.17) is 5.11 Å². The van der Waals surface area contributed by atoms with Crippen LogP contribution in [0.2, 0.25) is 0 Å². The van der Waals surface area contributed by atoms with Crippen molar-refractivity contribution in [2.45, 2.75) is 31.6 Å². The third kappa shape index (κ3) is 4.49. The molecule has 80 valence electrons. The van der Waals surface area contributed by atoms with Crippen LogP contribution in [-0.4, -0.2) is 31.9 Å². The van der Waals surface area contributed by atoms with Gasteiger partial charge in [0, 0.05) is 12.6 Å². The first-order valence-electron chi connectivity index (χ1n) is 3.84. The zero-order valence-corrected chi connectivity index (χ0v) is 8.02. The van der Waals surface area contributed by atoms with Crippen molar-refractivity contribution in [2.75, 3.05) is 6.61 Å². The maximum atomic E-state index is 11.8. The van der Waals surface area contributed by atoms with E-state index in [0.717, 1.165) is 0 Å². The van der Waals surface area contributed by atoms with E-state index in [-0.39, 0.29) is 13.0 Å². The first-order valence-corrected chi connectivity index (χ1v) is 5.38. The Labute approximate surface area is 76.0 Å². The SMILES string of the molecule is CCC(CCO)NS(=O)(=O)C(F)F. The molecule has 0 saturated heterocycles. The number of nitrogens with one attached hydrogen (secondary N) is 1. The fourth-order valence-electron chi connectivity index (χ4n) is 0.786. The molecule has 0 spiro atoms. The van der Waals surface area contributed by atoms with E-state index < -0.39 is 21.8 Å². The van der Waals surface area contributed by atoms with Crippen LogP contribution in [0.15, 0.2) is 0 Å². The molecule has 0 radical (unpaired) electrons. The normalized spacial score (nSPS) is 14.8. The van der Waals surface area contributed by atoms with Crippen LogP contribution >= 0.6 is 0 Å². The minimum Gasteiger partial charge on any atom is -0.396 e. The Kier molecular flexibility index (Phi) is 5.34. The number of alkyl halides is 2. The van der Waals surface area contributed by atoms with Gasteiger partial charge >= 0.3 is 5.76 Å². The van der Waals surface area contributed by atoms with Gasteiger partial charge in [-0.3, -0.25) is 0 Å². The van der Waals surface area contributed by atoms with Crippen LogP contribution in [0.5, 0.6) is 0 Å². The van der Waals surface area contributed by atoms with Crippen molar-refractivity contribution >= 4 is 10.0 Å². The predicted molar refractivity (Wildman–Crippen MR) is 43.8 cm³/mol. The number of aliphatic hydroxyl groups excluding tert-OH is 1. The number of rotatable bonds is 6. The number of hydrogen-bond acceptors (Lipinski definition) is 3. The Bertz CT molecular complexity index is 230. The molecule has 0 saturated carbocycles. The second-order valence-electron chi connectivity index (χ2n) is 2.54. The van der Waals surface area contributed by atoms with Crippen LogP contribution in [0.4, 0.5) is 8.78 Å². The van der Waals surface area contributed by atoms with Gasteiger partial charge in [0.05, 0.1) is 0 Å². The molecule has 0 amide bonds. The summed E-state index contributed by atoms with van der Waals surface area (Å²) < 4.78 is 46.7. The maximum Gasteiger partial charge on any atom is 0.350 e. The van der Waals surface area contributed by atoms with E-state index in [0.29, 0.717) is 6.42 Å². The van der Waals surface area contributed by atoms with Gasteiger partial charge in [0.2, 0.25) is 0 Å². The quantitative estimate of drug-likeness (QED) is 0.672. The predicted octanol–water partition coefficient (Wildman–Crippen LogP) is 0.289. The van der Waals surface area contributed by atoms with Crippen molar-refractivity contribution in [3.05, 3.63) is 0 Å². The summed E-state index contributed by atoms with van der Waals surface area (Å²) in [7, 11) is -4.53. The summed E-state index contributed by atoms with van der Waals surface area (Å²) in [5, 5.41) is 8.48. The van der Waals surface area contributed by atoms with Gasteiger partial charge in [0.25, 0.3) is 10.0 Å². The lowest BCUT2D eigenvalue weighted by Crippen LogP contribution is -2.38. The summed E-state index contributed by atoms with van der Waals surface area (Å²) in [6.45, 7) is 1.42. The summed E-state index contributed by atoms with van der Waals surface area (Å²) in [5.41, 5.74) is 0. The van der Waals surface area contributed by atoms with Gasteiger partial charge in [-0.25, -0.2) is 13.1 Å². The van der Waals surface area contributed by atoms with Crippen LogP contribution in [0.3, 0.4) is 0 Å². The van der Waals surface area contributed by atoms with Crippen LogP contribution < -0.4 is 4.72 Å². The summed E-state index contributed by atoms with van der Waals surface area (Å²) >= 11 is 0. The largest absolute Gasteiger partial charge is 0.396 e. The Morgan fingerprint density at radius 1 is 1.46 bits per heavy atom. The molecule has 0 heterocycles. The zero-order chi connectivity index (χ0) is 10.5. The molecular formula is C6H13F2NO3S. The van der Waals surface area contributed by atoms with E-state index in [9.17, 15) is 17.2 Å². The van der Waals surface area contributed by atoms with Gasteiger partial charge in [-0.2, -0.15) is 8.78 Å². The fourth-order valence-corrected chi connectivity index (χ4v) is 1.64. The average molecular weight is 217 g/mol. The molecule has 0 rings (SSSR count). The van der Waals surface area contributed by atoms with E-state index in [1.807, 2.05) is 0 Å². The minimum absolute atomic E-state index is 0.141. The molecule has 0 aromatic rings. The van der Waals surface area contributed by atoms with Crippen molar-refractivity contribution in [3.8, 4) is 0 Å². The fraction of sp³-hybridized carbons (Fsp3) is 1.00. The monoisotopic (exact) mass is 217 g/mol. The summed E-state index contributed by atoms with van der Waals surface area (Å²) in [5.74, 6) is -3.42. The molecule has 0 aliphatic carbocycles. The molecule has 4 nitrogen and oxygen atoms in total. The highest BCUT2D eigenvalue weighted by atomic mass is 32.2. The molecule has 0 aromatic heterocycles. The van der Waals surface area contributed by atoms with Crippen molar-refractivity contribution in [1.82, 2.24) is 4.72 Å². The van der Waals surface area contributed by atoms with Crippen molar-refractivity contribution < 1.29 is 22.3 Å². The molecule has 0 aromatic carbocycles. The van der Waals surface area contributed by atoms with Gasteiger partial charge in [-0.05, 0) is 12.8 Å². The lowest BCUT2D eigenvalue weighted by molar-refractivity contribution is 0.228. The van der Waals surface area contributed by atoms with Crippen LogP contribution in [0.25, 0.3) is 0 Å². The molecule has 7 heteroatoms. The van der Waals surface area contributed by atoms with Crippen molar-refractivity contribution in [3.63, 3.8) is 0 Å². The van der Waals surface area contributed by atoms with Crippen LogP contribution in [0, 0.1) is 0 Å². The maximum absolute atomic E-state index is 11.8. The first kappa shape index (κ1) is 12.7. The highest BCUT2D eigenvalue weighted by Crippen LogP contribution is 2.06. The highest BCUT2D eigenvalue weighted by molar-refractivity contribution is 7.89. The van der Waals surface area contributed by atoms with Gasteiger partial charge in [0.1, 0.15) is 0 Å². The van der Waals surface area contributed by atoms with E-state index in [2.05, 4.69) is 0 Å². The summed E-state index contributed by atoms with van der Waals surface area (Å²) in [6, 6.07) is -0.621. The Hall–Kier alpha value is -0.270. The number of aliphatic hydroxyl groups is 1. The number of hydrogen-bond donors (Lipinski definition) is 2.